The van der Waals surface area contributed by atoms with Crippen LogP contribution in [0.15, 0.2) is 47.6 Å². The van der Waals surface area contributed by atoms with Crippen LogP contribution >= 0.6 is 11.6 Å². The molecule has 33 heavy (non-hydrogen) atoms. The SMILES string of the molecule is Cc1cccc(C(=O)NC(C)C)c1NS(=O)(=O)c1cc(C(F)(F)F)nn1-c1ncccc1Cl. The summed E-state index contributed by atoms with van der Waals surface area (Å²) >= 11 is 6.03. The highest BCUT2D eigenvalue weighted by molar-refractivity contribution is 7.92. The van der Waals surface area contributed by atoms with E-state index in [0.717, 1.165) is 0 Å². The summed E-state index contributed by atoms with van der Waals surface area (Å²) in [7, 11) is -4.68. The molecule has 0 aliphatic carbocycles. The molecule has 3 aromatic rings. The number of aromatic nitrogens is 3. The number of amides is 1. The van der Waals surface area contributed by atoms with E-state index in [1.165, 1.54) is 24.4 Å². The van der Waals surface area contributed by atoms with Gasteiger partial charge in [0.2, 0.25) is 0 Å². The number of alkyl halides is 3. The normalized spacial score (nSPS) is 12.1. The van der Waals surface area contributed by atoms with Crippen LogP contribution in [0, 0.1) is 6.92 Å². The van der Waals surface area contributed by atoms with Crippen molar-refractivity contribution in [2.75, 3.05) is 4.72 Å². The van der Waals surface area contributed by atoms with Gasteiger partial charge < -0.3 is 5.32 Å². The van der Waals surface area contributed by atoms with Crippen LogP contribution in [0.3, 0.4) is 0 Å². The predicted molar refractivity (Wildman–Crippen MR) is 116 cm³/mol. The Labute approximate surface area is 192 Å². The lowest BCUT2D eigenvalue weighted by atomic mass is 10.1. The Morgan fingerprint density at radius 1 is 1.18 bits per heavy atom. The third kappa shape index (κ3) is 5.28. The Morgan fingerprint density at radius 2 is 1.88 bits per heavy atom. The van der Waals surface area contributed by atoms with Gasteiger partial charge in [0.25, 0.3) is 15.9 Å². The molecule has 8 nitrogen and oxygen atoms in total. The Kier molecular flexibility index (Phi) is 6.70. The van der Waals surface area contributed by atoms with E-state index in [1.807, 2.05) is 0 Å². The molecule has 0 aliphatic rings. The first-order chi connectivity index (χ1) is 15.3. The molecule has 0 radical (unpaired) electrons. The molecule has 0 saturated carbocycles. The van der Waals surface area contributed by atoms with E-state index in [1.54, 1.807) is 32.9 Å². The van der Waals surface area contributed by atoms with Crippen LogP contribution in [0.1, 0.15) is 35.5 Å². The van der Waals surface area contributed by atoms with Crippen molar-refractivity contribution in [3.8, 4) is 5.82 Å². The van der Waals surface area contributed by atoms with Crippen LogP contribution in [-0.4, -0.2) is 35.1 Å². The molecule has 176 valence electrons. The first kappa shape index (κ1) is 24.5. The van der Waals surface area contributed by atoms with Crippen molar-refractivity contribution in [2.24, 2.45) is 0 Å². The van der Waals surface area contributed by atoms with Gasteiger partial charge in [-0.2, -0.15) is 31.4 Å². The average Bonchev–Trinajstić information content (AvgIpc) is 3.16. The highest BCUT2D eigenvalue weighted by Crippen LogP contribution is 2.33. The van der Waals surface area contributed by atoms with Gasteiger partial charge in [0, 0.05) is 18.3 Å². The quantitative estimate of drug-likeness (QED) is 0.527. The molecule has 13 heteroatoms. The molecule has 2 aromatic heterocycles. The number of nitrogens with one attached hydrogen (secondary N) is 2. The van der Waals surface area contributed by atoms with Crippen LogP contribution in [-0.2, 0) is 16.2 Å². The Bertz CT molecular complexity index is 1310. The van der Waals surface area contributed by atoms with Crippen molar-refractivity contribution in [1.29, 1.82) is 0 Å². The van der Waals surface area contributed by atoms with E-state index in [4.69, 9.17) is 11.6 Å². The third-order valence-electron chi connectivity index (χ3n) is 4.36. The smallest absolute Gasteiger partial charge is 0.350 e. The third-order valence-corrected chi connectivity index (χ3v) is 5.97. The van der Waals surface area contributed by atoms with E-state index in [2.05, 4.69) is 20.1 Å². The van der Waals surface area contributed by atoms with Gasteiger partial charge in [-0.05, 0) is 44.5 Å². The van der Waals surface area contributed by atoms with Crippen LogP contribution in [0.4, 0.5) is 18.9 Å². The zero-order chi connectivity index (χ0) is 24.6. The van der Waals surface area contributed by atoms with Crippen molar-refractivity contribution in [1.82, 2.24) is 20.1 Å². The number of anilines is 1. The van der Waals surface area contributed by atoms with E-state index in [-0.39, 0.29) is 28.1 Å². The summed E-state index contributed by atoms with van der Waals surface area (Å²) in [6.45, 7) is 5.01. The van der Waals surface area contributed by atoms with Gasteiger partial charge in [0.1, 0.15) is 0 Å². The Morgan fingerprint density at radius 3 is 2.48 bits per heavy atom. The minimum atomic E-state index is -4.93. The number of aryl methyl sites for hydroxylation is 1. The number of nitrogens with zero attached hydrogens (tertiary/aromatic N) is 3. The second-order valence-electron chi connectivity index (χ2n) is 7.32. The fraction of sp³-hybridized carbons (Fsp3) is 0.250. The number of rotatable bonds is 6. The van der Waals surface area contributed by atoms with Crippen LogP contribution in [0.5, 0.6) is 0 Å². The summed E-state index contributed by atoms with van der Waals surface area (Å²) in [6, 6.07) is 7.41. The summed E-state index contributed by atoms with van der Waals surface area (Å²) in [5.41, 5.74) is -1.14. The second kappa shape index (κ2) is 9.02. The maximum absolute atomic E-state index is 13.4. The molecule has 0 fully saturated rings. The zero-order valence-corrected chi connectivity index (χ0v) is 19.2. The van der Waals surface area contributed by atoms with Crippen molar-refractivity contribution in [2.45, 2.75) is 38.0 Å². The zero-order valence-electron chi connectivity index (χ0n) is 17.6. The number of hydrogen-bond acceptors (Lipinski definition) is 5. The van der Waals surface area contributed by atoms with E-state index in [0.29, 0.717) is 16.3 Å². The summed E-state index contributed by atoms with van der Waals surface area (Å²) in [6.07, 6.45) is -3.70. The summed E-state index contributed by atoms with van der Waals surface area (Å²) < 4.78 is 69.4. The fourth-order valence-corrected chi connectivity index (χ4v) is 4.37. The monoisotopic (exact) mass is 501 g/mol. The van der Waals surface area contributed by atoms with Gasteiger partial charge >= 0.3 is 6.18 Å². The minimum Gasteiger partial charge on any atom is -0.350 e. The van der Waals surface area contributed by atoms with Gasteiger partial charge in [0.15, 0.2) is 16.5 Å². The lowest BCUT2D eigenvalue weighted by Gasteiger charge is -2.16. The van der Waals surface area contributed by atoms with Gasteiger partial charge in [-0.1, -0.05) is 23.7 Å². The number of benzene rings is 1. The summed E-state index contributed by atoms with van der Waals surface area (Å²) in [5.74, 6) is -0.860. The molecule has 1 amide bonds. The Hall–Kier alpha value is -3.12. The topological polar surface area (TPSA) is 106 Å². The predicted octanol–water partition coefficient (Wildman–Crippen LogP) is 4.19. The number of halogens is 4. The average molecular weight is 502 g/mol. The molecule has 3 rings (SSSR count). The number of hydrogen-bond donors (Lipinski definition) is 2. The van der Waals surface area contributed by atoms with E-state index >= 15 is 0 Å². The van der Waals surface area contributed by atoms with Crippen molar-refractivity contribution in [3.05, 3.63) is 64.4 Å². The molecule has 1 aromatic carbocycles. The highest BCUT2D eigenvalue weighted by Gasteiger charge is 2.38. The number of sulfonamides is 1. The van der Waals surface area contributed by atoms with E-state index in [9.17, 15) is 26.4 Å². The van der Waals surface area contributed by atoms with Crippen molar-refractivity contribution in [3.63, 3.8) is 0 Å². The maximum atomic E-state index is 13.4. The number of carbonyl (C=O) groups excluding carboxylic acids is 1. The van der Waals surface area contributed by atoms with Gasteiger partial charge in [0.05, 0.1) is 16.3 Å². The number of pyridine rings is 1. The standard InChI is InChI=1S/C20H19ClF3N5O3S/c1-11(2)26-19(30)13-7-4-6-12(3)17(13)28-33(31,32)16-10-15(20(22,23)24)27-29(16)18-14(21)8-5-9-25-18/h4-11,28H,1-3H3,(H,26,30). The molecular formula is C20H19ClF3N5O3S. The molecule has 2 N–H and O–H groups in total. The molecule has 0 unspecified atom stereocenters. The second-order valence-corrected chi connectivity index (χ2v) is 9.35. The minimum absolute atomic E-state index is 0.00486. The molecule has 2 heterocycles. The molecule has 0 atom stereocenters. The van der Waals surface area contributed by atoms with Crippen LogP contribution in [0.25, 0.3) is 5.82 Å². The van der Waals surface area contributed by atoms with Gasteiger partial charge in [-0.25, -0.2) is 4.98 Å². The van der Waals surface area contributed by atoms with Crippen LogP contribution in [0.2, 0.25) is 5.02 Å². The van der Waals surface area contributed by atoms with Crippen molar-refractivity contribution >= 4 is 33.2 Å². The molecular weight excluding hydrogens is 483 g/mol. The van der Waals surface area contributed by atoms with Gasteiger partial charge in [-0.15, -0.1) is 0 Å². The van der Waals surface area contributed by atoms with E-state index < -0.39 is 32.8 Å². The van der Waals surface area contributed by atoms with Crippen LogP contribution < -0.4 is 10.0 Å². The lowest BCUT2D eigenvalue weighted by Crippen LogP contribution is -2.31. The first-order valence-corrected chi connectivity index (χ1v) is 11.4. The summed E-state index contributed by atoms with van der Waals surface area (Å²) in [4.78, 5) is 16.4. The summed E-state index contributed by atoms with van der Waals surface area (Å²) in [5, 5.41) is 5.07. The maximum Gasteiger partial charge on any atom is 0.435 e. The molecule has 0 aliphatic heterocycles. The molecule has 0 saturated heterocycles. The first-order valence-electron chi connectivity index (χ1n) is 9.52. The lowest BCUT2D eigenvalue weighted by molar-refractivity contribution is -0.141. The number of para-hydroxylation sites is 1. The van der Waals surface area contributed by atoms with Gasteiger partial charge in [-0.3, -0.25) is 9.52 Å². The fourth-order valence-electron chi connectivity index (χ4n) is 2.90. The Balaban J connectivity index is 2.16. The largest absolute Gasteiger partial charge is 0.435 e. The molecule has 0 spiro atoms. The highest BCUT2D eigenvalue weighted by atomic mass is 35.5. The van der Waals surface area contributed by atoms with Crippen molar-refractivity contribution < 1.29 is 26.4 Å². The molecule has 0 bridgehead atoms. The number of carbonyl (C=O) groups is 1.